The zero-order valence-electron chi connectivity index (χ0n) is 11.0. The summed E-state index contributed by atoms with van der Waals surface area (Å²) in [6.07, 6.45) is 5.89. The van der Waals surface area contributed by atoms with Crippen molar-refractivity contribution in [2.75, 3.05) is 19.0 Å². The number of halogens is 2. The van der Waals surface area contributed by atoms with Crippen molar-refractivity contribution < 1.29 is 0 Å². The minimum absolute atomic E-state index is 0. The van der Waals surface area contributed by atoms with E-state index < -0.39 is 0 Å². The number of hydrogen-bond acceptors (Lipinski definition) is 2. The van der Waals surface area contributed by atoms with Crippen LogP contribution in [0, 0.1) is 0 Å². The summed E-state index contributed by atoms with van der Waals surface area (Å²) < 4.78 is 0. The molecular weight excluding hydrogens is 368 g/mol. The molecule has 1 aromatic carbocycles. The van der Waals surface area contributed by atoms with Gasteiger partial charge < -0.3 is 4.90 Å². The van der Waals surface area contributed by atoms with Crippen LogP contribution in [0.3, 0.4) is 0 Å². The van der Waals surface area contributed by atoms with Crippen LogP contribution in [-0.2, 0) is 0 Å². The average Bonchev–Trinajstić information content (AvgIpc) is 2.38. The molecule has 2 aromatic rings. The first-order valence-corrected chi connectivity index (χ1v) is 5.62. The van der Waals surface area contributed by atoms with Gasteiger partial charge in [0.05, 0.1) is 5.69 Å². The van der Waals surface area contributed by atoms with Gasteiger partial charge in [0.25, 0.3) is 0 Å². The molecule has 1 aromatic heterocycles. The summed E-state index contributed by atoms with van der Waals surface area (Å²) in [5.41, 5.74) is 3.37. The second kappa shape index (κ2) is 8.88. The van der Waals surface area contributed by atoms with E-state index in [-0.39, 0.29) is 34.0 Å². The number of rotatable bonds is 3. The third kappa shape index (κ3) is 5.57. The number of aromatic nitrogens is 1. The van der Waals surface area contributed by atoms with Gasteiger partial charge in [0.2, 0.25) is 0 Å². The normalized spacial score (nSPS) is 9.58. The lowest BCUT2D eigenvalue weighted by atomic mass is 10.1. The van der Waals surface area contributed by atoms with Crippen LogP contribution in [0.25, 0.3) is 12.2 Å². The van der Waals surface area contributed by atoms with Crippen LogP contribution in [0.4, 0.5) is 5.69 Å². The molecule has 2 rings (SSSR count). The van der Waals surface area contributed by atoms with Crippen LogP contribution >= 0.6 is 34.0 Å². The Morgan fingerprint density at radius 1 is 0.895 bits per heavy atom. The van der Waals surface area contributed by atoms with Gasteiger partial charge in [-0.05, 0) is 35.9 Å². The Balaban J connectivity index is 0.00000162. The minimum Gasteiger partial charge on any atom is -0.378 e. The zero-order chi connectivity index (χ0) is 12.1. The highest BCUT2D eigenvalue weighted by atomic mass is 79.9. The number of benzene rings is 1. The van der Waals surface area contributed by atoms with Crippen molar-refractivity contribution in [3.05, 3.63) is 59.9 Å². The molecule has 4 heteroatoms. The highest BCUT2D eigenvalue weighted by molar-refractivity contribution is 8.93. The van der Waals surface area contributed by atoms with Crippen LogP contribution in [-0.4, -0.2) is 19.1 Å². The van der Waals surface area contributed by atoms with E-state index >= 15 is 0 Å². The number of nitrogens with zero attached hydrogens (tertiary/aromatic N) is 2. The monoisotopic (exact) mass is 384 g/mol. The predicted molar refractivity (Wildman–Crippen MR) is 94.6 cm³/mol. The van der Waals surface area contributed by atoms with Crippen molar-refractivity contribution >= 4 is 51.8 Å². The Labute approximate surface area is 135 Å². The maximum Gasteiger partial charge on any atom is 0.0629 e. The van der Waals surface area contributed by atoms with Crippen molar-refractivity contribution in [1.29, 1.82) is 0 Å². The van der Waals surface area contributed by atoms with E-state index in [0.717, 1.165) is 5.69 Å². The maximum absolute atomic E-state index is 4.24. The van der Waals surface area contributed by atoms with E-state index in [1.807, 2.05) is 38.4 Å². The fourth-order valence-corrected chi connectivity index (χ4v) is 1.54. The lowest BCUT2D eigenvalue weighted by Gasteiger charge is -2.11. The average molecular weight is 386 g/mol. The summed E-state index contributed by atoms with van der Waals surface area (Å²) in [6.45, 7) is 0. The van der Waals surface area contributed by atoms with Crippen molar-refractivity contribution in [3.63, 3.8) is 0 Å². The molecule has 102 valence electrons. The van der Waals surface area contributed by atoms with Crippen LogP contribution < -0.4 is 4.90 Å². The molecule has 0 N–H and O–H groups in total. The van der Waals surface area contributed by atoms with E-state index in [4.69, 9.17) is 0 Å². The van der Waals surface area contributed by atoms with Crippen molar-refractivity contribution in [2.45, 2.75) is 0 Å². The molecule has 19 heavy (non-hydrogen) atoms. The fraction of sp³-hybridized carbons (Fsp3) is 0.133. The topological polar surface area (TPSA) is 16.1 Å². The number of hydrogen-bond donors (Lipinski definition) is 0. The summed E-state index contributed by atoms with van der Waals surface area (Å²) in [7, 11) is 4.08. The molecule has 2 nitrogen and oxygen atoms in total. The third-order valence-electron chi connectivity index (χ3n) is 2.54. The first-order valence-electron chi connectivity index (χ1n) is 5.62. The third-order valence-corrected chi connectivity index (χ3v) is 2.54. The first-order chi connectivity index (χ1) is 8.25. The number of pyridine rings is 1. The molecule has 0 aliphatic carbocycles. The van der Waals surface area contributed by atoms with Gasteiger partial charge in [-0.3, -0.25) is 4.98 Å². The summed E-state index contributed by atoms with van der Waals surface area (Å²) in [4.78, 5) is 6.33. The molecule has 0 amide bonds. The molecule has 0 aliphatic rings. The van der Waals surface area contributed by atoms with Gasteiger partial charge in [-0.2, -0.15) is 0 Å². The van der Waals surface area contributed by atoms with Gasteiger partial charge in [-0.25, -0.2) is 0 Å². The quantitative estimate of drug-likeness (QED) is 0.774. The van der Waals surface area contributed by atoms with Crippen LogP contribution in [0.5, 0.6) is 0 Å². The van der Waals surface area contributed by atoms with Crippen molar-refractivity contribution in [1.82, 2.24) is 4.98 Å². The molecule has 0 saturated carbocycles. The Bertz CT molecular complexity index is 493. The molecule has 0 bridgehead atoms. The summed E-state index contributed by atoms with van der Waals surface area (Å²) in [5, 5.41) is 0. The molecule has 0 spiro atoms. The predicted octanol–water partition coefficient (Wildman–Crippen LogP) is 4.47. The lowest BCUT2D eigenvalue weighted by Crippen LogP contribution is -2.07. The number of anilines is 1. The van der Waals surface area contributed by atoms with Gasteiger partial charge in [0.15, 0.2) is 0 Å². The minimum atomic E-state index is 0. The summed E-state index contributed by atoms with van der Waals surface area (Å²) in [5.74, 6) is 0. The van der Waals surface area contributed by atoms with E-state index in [9.17, 15) is 0 Å². The second-order valence-corrected chi connectivity index (χ2v) is 4.07. The fourth-order valence-electron chi connectivity index (χ4n) is 1.54. The largest absolute Gasteiger partial charge is 0.378 e. The molecule has 0 saturated heterocycles. The smallest absolute Gasteiger partial charge is 0.0629 e. The maximum atomic E-state index is 4.24. The standard InChI is InChI=1S/C15H16N2.2BrH/c1-17(2)15-10-7-13(8-11-15)6-9-14-5-3-4-12-16-14;;/h3-12H,1-2H3;2*1H/b9-6+;;. The van der Waals surface area contributed by atoms with E-state index in [0.29, 0.717) is 0 Å². The van der Waals surface area contributed by atoms with Crippen LogP contribution in [0.15, 0.2) is 48.7 Å². The highest BCUT2D eigenvalue weighted by Crippen LogP contribution is 2.13. The molecule has 0 aliphatic heterocycles. The molecule has 0 unspecified atom stereocenters. The molecule has 0 radical (unpaired) electrons. The molecule has 0 atom stereocenters. The molecule has 0 fully saturated rings. The Hall–Kier alpha value is -1.13. The summed E-state index contributed by atoms with van der Waals surface area (Å²) >= 11 is 0. The Kier molecular flexibility index (Phi) is 8.35. The molecular formula is C15H18Br2N2. The second-order valence-electron chi connectivity index (χ2n) is 4.07. The van der Waals surface area contributed by atoms with Gasteiger partial charge in [0, 0.05) is 26.0 Å². The Morgan fingerprint density at radius 2 is 1.58 bits per heavy atom. The van der Waals surface area contributed by atoms with Gasteiger partial charge in [-0.15, -0.1) is 34.0 Å². The van der Waals surface area contributed by atoms with E-state index in [2.05, 4.69) is 40.2 Å². The molecule has 1 heterocycles. The summed E-state index contributed by atoms with van der Waals surface area (Å²) in [6, 6.07) is 14.3. The van der Waals surface area contributed by atoms with Gasteiger partial charge in [0.1, 0.15) is 0 Å². The van der Waals surface area contributed by atoms with Gasteiger partial charge in [-0.1, -0.05) is 24.3 Å². The zero-order valence-corrected chi connectivity index (χ0v) is 14.4. The van der Waals surface area contributed by atoms with E-state index in [1.165, 1.54) is 11.3 Å². The first kappa shape index (κ1) is 17.9. The highest BCUT2D eigenvalue weighted by Gasteiger charge is 1.93. The van der Waals surface area contributed by atoms with Crippen LogP contribution in [0.1, 0.15) is 11.3 Å². The lowest BCUT2D eigenvalue weighted by molar-refractivity contribution is 1.13. The van der Waals surface area contributed by atoms with E-state index in [1.54, 1.807) is 6.20 Å². The van der Waals surface area contributed by atoms with Gasteiger partial charge >= 0.3 is 0 Å². The SMILES string of the molecule is Br.Br.CN(C)c1ccc(/C=C/c2ccccn2)cc1. The Morgan fingerprint density at radius 3 is 2.11 bits per heavy atom. The van der Waals surface area contributed by atoms with Crippen molar-refractivity contribution in [2.24, 2.45) is 0 Å². The van der Waals surface area contributed by atoms with Crippen molar-refractivity contribution in [3.8, 4) is 0 Å². The van der Waals surface area contributed by atoms with Crippen LogP contribution in [0.2, 0.25) is 0 Å².